The van der Waals surface area contributed by atoms with Crippen molar-refractivity contribution in [3.63, 3.8) is 0 Å². The summed E-state index contributed by atoms with van der Waals surface area (Å²) in [5.41, 5.74) is 2.07. The molecule has 0 atom stereocenters. The van der Waals surface area contributed by atoms with Crippen LogP contribution in [0.15, 0.2) is 28.1 Å². The molecule has 1 aromatic heterocycles. The Morgan fingerprint density at radius 2 is 2.24 bits per heavy atom. The van der Waals surface area contributed by atoms with E-state index in [2.05, 4.69) is 31.6 Å². The highest BCUT2D eigenvalue weighted by Crippen LogP contribution is 2.34. The summed E-state index contributed by atoms with van der Waals surface area (Å²) in [5, 5.41) is 7.20. The maximum absolute atomic E-state index is 5.93. The van der Waals surface area contributed by atoms with Gasteiger partial charge in [-0.1, -0.05) is 33.6 Å². The molecule has 1 aliphatic rings. The average Bonchev–Trinajstić information content (AvgIpc) is 2.96. The van der Waals surface area contributed by atoms with Gasteiger partial charge in [0.2, 0.25) is 0 Å². The normalized spacial score (nSPS) is 14.9. The van der Waals surface area contributed by atoms with Gasteiger partial charge in [-0.15, -0.1) is 11.3 Å². The summed E-state index contributed by atoms with van der Waals surface area (Å²) < 4.78 is 0.980. The molecule has 1 aliphatic carbocycles. The van der Waals surface area contributed by atoms with Crippen LogP contribution in [0.4, 0.5) is 5.13 Å². The number of nitrogens with zero attached hydrogens (tertiary/aromatic N) is 1. The molecule has 2 aromatic rings. The van der Waals surface area contributed by atoms with Crippen LogP contribution in [0.3, 0.4) is 0 Å². The van der Waals surface area contributed by atoms with Crippen LogP contribution in [0.5, 0.6) is 0 Å². The zero-order valence-corrected chi connectivity index (χ0v) is 12.1. The van der Waals surface area contributed by atoms with Gasteiger partial charge in [-0.05, 0) is 25.0 Å². The van der Waals surface area contributed by atoms with Crippen LogP contribution >= 0.6 is 38.9 Å². The minimum atomic E-state index is 0.641. The average molecular weight is 330 g/mol. The van der Waals surface area contributed by atoms with Gasteiger partial charge in [0.15, 0.2) is 5.13 Å². The van der Waals surface area contributed by atoms with E-state index < -0.39 is 0 Å². The van der Waals surface area contributed by atoms with E-state index >= 15 is 0 Å². The van der Waals surface area contributed by atoms with E-state index in [1.54, 1.807) is 11.3 Å². The number of hydrogen-bond donors (Lipinski definition) is 1. The molecule has 0 saturated heterocycles. The van der Waals surface area contributed by atoms with Crippen molar-refractivity contribution < 1.29 is 0 Å². The number of halogens is 2. The van der Waals surface area contributed by atoms with Gasteiger partial charge in [-0.2, -0.15) is 0 Å². The number of anilines is 1. The minimum absolute atomic E-state index is 0.641. The van der Waals surface area contributed by atoms with E-state index in [1.165, 1.54) is 12.8 Å². The predicted octanol–water partition coefficient (Wildman–Crippen LogP) is 4.80. The smallest absolute Gasteiger partial charge is 0.183 e. The molecule has 1 fully saturated rings. The summed E-state index contributed by atoms with van der Waals surface area (Å²) >= 11 is 11.1. The maximum atomic E-state index is 5.93. The topological polar surface area (TPSA) is 24.9 Å². The summed E-state index contributed by atoms with van der Waals surface area (Å²) in [4.78, 5) is 4.59. The van der Waals surface area contributed by atoms with Crippen molar-refractivity contribution in [3.05, 3.63) is 33.1 Å². The number of thiazole rings is 1. The molecule has 1 aromatic carbocycles. The number of benzene rings is 1. The molecule has 1 heterocycles. The molecule has 0 amide bonds. The zero-order valence-electron chi connectivity index (χ0n) is 8.91. The van der Waals surface area contributed by atoms with Crippen LogP contribution in [0.25, 0.3) is 11.3 Å². The molecule has 2 nitrogen and oxygen atoms in total. The maximum Gasteiger partial charge on any atom is 0.183 e. The third-order valence-electron chi connectivity index (χ3n) is 2.62. The molecule has 17 heavy (non-hydrogen) atoms. The molecule has 5 heteroatoms. The summed E-state index contributed by atoms with van der Waals surface area (Å²) in [5.74, 6) is 0. The summed E-state index contributed by atoms with van der Waals surface area (Å²) in [6.07, 6.45) is 2.53. The number of nitrogens with one attached hydrogen (secondary N) is 1. The molecule has 0 unspecified atom stereocenters. The Morgan fingerprint density at radius 1 is 1.41 bits per heavy atom. The lowest BCUT2D eigenvalue weighted by atomic mass is 10.2. The van der Waals surface area contributed by atoms with E-state index in [4.69, 9.17) is 11.6 Å². The fourth-order valence-corrected chi connectivity index (χ4v) is 3.24. The highest BCUT2D eigenvalue weighted by atomic mass is 79.9. The van der Waals surface area contributed by atoms with E-state index in [1.807, 2.05) is 18.2 Å². The van der Waals surface area contributed by atoms with E-state index in [0.29, 0.717) is 6.04 Å². The van der Waals surface area contributed by atoms with Gasteiger partial charge in [0.25, 0.3) is 0 Å². The Labute approximate surface area is 117 Å². The van der Waals surface area contributed by atoms with Gasteiger partial charge < -0.3 is 5.32 Å². The molecule has 0 bridgehead atoms. The molecule has 1 N–H and O–H groups in total. The first-order chi connectivity index (χ1) is 8.22. The highest BCUT2D eigenvalue weighted by molar-refractivity contribution is 9.10. The van der Waals surface area contributed by atoms with Crippen molar-refractivity contribution in [1.82, 2.24) is 4.98 Å². The quantitative estimate of drug-likeness (QED) is 0.875. The second-order valence-electron chi connectivity index (χ2n) is 4.08. The molecule has 3 rings (SSSR count). The van der Waals surface area contributed by atoms with Crippen LogP contribution in [0.1, 0.15) is 12.8 Å². The lowest BCUT2D eigenvalue weighted by molar-refractivity contribution is 1.14. The molecule has 0 spiro atoms. The van der Waals surface area contributed by atoms with Crippen LogP contribution in [0.2, 0.25) is 5.02 Å². The molecular weight excluding hydrogens is 320 g/mol. The fraction of sp³-hybridized carbons (Fsp3) is 0.250. The Morgan fingerprint density at radius 3 is 2.94 bits per heavy atom. The first kappa shape index (κ1) is 11.5. The Hall–Kier alpha value is -0.580. The molecule has 0 aliphatic heterocycles. The lowest BCUT2D eigenvalue weighted by Gasteiger charge is -2.01. The Balaban J connectivity index is 1.89. The lowest BCUT2D eigenvalue weighted by Crippen LogP contribution is -1.99. The fourth-order valence-electron chi connectivity index (χ4n) is 1.56. The predicted molar refractivity (Wildman–Crippen MR) is 76.9 cm³/mol. The summed E-state index contributed by atoms with van der Waals surface area (Å²) in [6, 6.07) is 6.41. The first-order valence-corrected chi connectivity index (χ1v) is 7.45. The third-order valence-corrected chi connectivity index (χ3v) is 4.28. The monoisotopic (exact) mass is 328 g/mol. The molecule has 88 valence electrons. The van der Waals surface area contributed by atoms with Crippen molar-refractivity contribution in [3.8, 4) is 11.3 Å². The van der Waals surface area contributed by atoms with Crippen molar-refractivity contribution in [2.24, 2.45) is 0 Å². The zero-order chi connectivity index (χ0) is 11.8. The third kappa shape index (κ3) is 2.64. The molecule has 1 saturated carbocycles. The van der Waals surface area contributed by atoms with E-state index in [-0.39, 0.29) is 0 Å². The highest BCUT2D eigenvalue weighted by Gasteiger charge is 2.22. The van der Waals surface area contributed by atoms with Crippen LogP contribution in [0, 0.1) is 0 Å². The summed E-state index contributed by atoms with van der Waals surface area (Å²) in [7, 11) is 0. The van der Waals surface area contributed by atoms with Gasteiger partial charge in [-0.3, -0.25) is 0 Å². The molecule has 0 radical (unpaired) electrons. The second-order valence-corrected chi connectivity index (χ2v) is 6.23. The van der Waals surface area contributed by atoms with Crippen molar-refractivity contribution >= 4 is 44.0 Å². The van der Waals surface area contributed by atoms with Gasteiger partial charge in [0.05, 0.1) is 5.69 Å². The minimum Gasteiger partial charge on any atom is -0.359 e. The largest absolute Gasteiger partial charge is 0.359 e. The van der Waals surface area contributed by atoms with E-state index in [9.17, 15) is 0 Å². The van der Waals surface area contributed by atoms with Crippen molar-refractivity contribution in [1.29, 1.82) is 0 Å². The van der Waals surface area contributed by atoms with Crippen molar-refractivity contribution in [2.45, 2.75) is 18.9 Å². The molecular formula is C12H10BrClN2S. The second kappa shape index (κ2) is 4.59. The first-order valence-electron chi connectivity index (χ1n) is 5.40. The van der Waals surface area contributed by atoms with Crippen LogP contribution in [-0.4, -0.2) is 11.0 Å². The van der Waals surface area contributed by atoms with Crippen LogP contribution in [-0.2, 0) is 0 Å². The standard InChI is InChI=1S/C12H10BrClN2S/c13-10-5-7(14)1-4-9(10)11-6-17-12(16-11)15-8-2-3-8/h1,4-6,8H,2-3H2,(H,15,16). The van der Waals surface area contributed by atoms with E-state index in [0.717, 1.165) is 25.9 Å². The number of aromatic nitrogens is 1. The SMILES string of the molecule is Clc1ccc(-c2csc(NC3CC3)n2)c(Br)c1. The van der Waals surface area contributed by atoms with Crippen molar-refractivity contribution in [2.75, 3.05) is 5.32 Å². The Kier molecular flexibility index (Phi) is 3.11. The Bertz CT molecular complexity index is 551. The van der Waals surface area contributed by atoms with Gasteiger partial charge in [0, 0.05) is 26.5 Å². The summed E-state index contributed by atoms with van der Waals surface area (Å²) in [6.45, 7) is 0. The van der Waals surface area contributed by atoms with Crippen LogP contribution < -0.4 is 5.32 Å². The van der Waals surface area contributed by atoms with Gasteiger partial charge in [0.1, 0.15) is 0 Å². The number of hydrogen-bond acceptors (Lipinski definition) is 3. The van der Waals surface area contributed by atoms with Gasteiger partial charge >= 0.3 is 0 Å². The van der Waals surface area contributed by atoms with Gasteiger partial charge in [-0.25, -0.2) is 4.98 Å². The number of rotatable bonds is 3.